The number of hydrogen-bond donors (Lipinski definition) is 0. The van der Waals surface area contributed by atoms with Gasteiger partial charge in [-0.1, -0.05) is 23.3 Å². The predicted octanol–water partition coefficient (Wildman–Crippen LogP) is 0.805. The number of para-hydroxylation sites is 1. The SMILES string of the molecule is CC(=O)OC(C(=O)N1CCN(c2nnnn2-c2ccccc2)CC1)C(F)(F)F. The van der Waals surface area contributed by atoms with Gasteiger partial charge < -0.3 is 14.5 Å². The smallest absolute Gasteiger partial charge is 0.434 e. The molecule has 1 aliphatic heterocycles. The number of esters is 1. The van der Waals surface area contributed by atoms with Crippen LogP contribution in [0.1, 0.15) is 6.92 Å². The van der Waals surface area contributed by atoms with Gasteiger partial charge in [0, 0.05) is 33.1 Å². The summed E-state index contributed by atoms with van der Waals surface area (Å²) < 4.78 is 44.9. The summed E-state index contributed by atoms with van der Waals surface area (Å²) in [4.78, 5) is 26.0. The van der Waals surface area contributed by atoms with Crippen LogP contribution in [0.3, 0.4) is 0 Å². The van der Waals surface area contributed by atoms with Gasteiger partial charge in [-0.25, -0.2) is 0 Å². The highest BCUT2D eigenvalue weighted by atomic mass is 19.4. The van der Waals surface area contributed by atoms with Crippen LogP contribution in [-0.2, 0) is 14.3 Å². The van der Waals surface area contributed by atoms with Crippen LogP contribution in [0.2, 0.25) is 0 Å². The number of aromatic nitrogens is 4. The fourth-order valence-corrected chi connectivity index (χ4v) is 2.83. The van der Waals surface area contributed by atoms with Crippen LogP contribution in [0, 0.1) is 0 Å². The minimum Gasteiger partial charge on any atom is -0.443 e. The van der Waals surface area contributed by atoms with E-state index in [4.69, 9.17) is 0 Å². The van der Waals surface area contributed by atoms with Crippen molar-refractivity contribution < 1.29 is 27.5 Å². The van der Waals surface area contributed by atoms with Crippen molar-refractivity contribution >= 4 is 17.8 Å². The first-order valence-corrected chi connectivity index (χ1v) is 8.39. The van der Waals surface area contributed by atoms with Crippen LogP contribution in [0.25, 0.3) is 5.69 Å². The second-order valence-electron chi connectivity index (χ2n) is 6.07. The average molecular weight is 398 g/mol. The highest BCUT2D eigenvalue weighted by Crippen LogP contribution is 2.26. The summed E-state index contributed by atoms with van der Waals surface area (Å²) in [7, 11) is 0. The monoisotopic (exact) mass is 398 g/mol. The second-order valence-corrected chi connectivity index (χ2v) is 6.07. The topological polar surface area (TPSA) is 93.5 Å². The van der Waals surface area contributed by atoms with Crippen molar-refractivity contribution in [1.82, 2.24) is 25.1 Å². The molecule has 1 amide bonds. The molecular formula is C16H17F3N6O3. The Morgan fingerprint density at radius 3 is 2.32 bits per heavy atom. The molecule has 150 valence electrons. The largest absolute Gasteiger partial charge is 0.443 e. The normalized spacial score (nSPS) is 16.0. The Balaban J connectivity index is 1.69. The van der Waals surface area contributed by atoms with E-state index in [-0.39, 0.29) is 26.2 Å². The summed E-state index contributed by atoms with van der Waals surface area (Å²) in [5, 5.41) is 11.6. The zero-order valence-corrected chi connectivity index (χ0v) is 14.8. The lowest BCUT2D eigenvalue weighted by Gasteiger charge is -2.36. The molecular weight excluding hydrogens is 381 g/mol. The molecule has 12 heteroatoms. The zero-order chi connectivity index (χ0) is 20.3. The summed E-state index contributed by atoms with van der Waals surface area (Å²) in [6.07, 6.45) is -7.77. The number of halogens is 3. The minimum atomic E-state index is -4.97. The van der Waals surface area contributed by atoms with Crippen LogP contribution in [0.15, 0.2) is 30.3 Å². The third-order valence-corrected chi connectivity index (χ3v) is 4.13. The first-order valence-electron chi connectivity index (χ1n) is 8.39. The Morgan fingerprint density at radius 1 is 1.11 bits per heavy atom. The number of nitrogens with zero attached hydrogens (tertiary/aromatic N) is 6. The lowest BCUT2D eigenvalue weighted by molar-refractivity contribution is -0.223. The Morgan fingerprint density at radius 2 is 1.75 bits per heavy atom. The maximum atomic E-state index is 13.1. The average Bonchev–Trinajstić information content (AvgIpc) is 3.15. The number of amides is 1. The molecule has 1 aromatic heterocycles. The minimum absolute atomic E-state index is 0.00826. The molecule has 2 aromatic rings. The molecule has 1 unspecified atom stereocenters. The van der Waals surface area contributed by atoms with E-state index in [0.717, 1.165) is 17.5 Å². The fourth-order valence-electron chi connectivity index (χ4n) is 2.83. The second kappa shape index (κ2) is 7.82. The third kappa shape index (κ3) is 4.21. The van der Waals surface area contributed by atoms with E-state index in [9.17, 15) is 22.8 Å². The Labute approximate surface area is 157 Å². The summed E-state index contributed by atoms with van der Waals surface area (Å²) in [5.74, 6) is -2.04. The zero-order valence-electron chi connectivity index (χ0n) is 14.8. The first-order chi connectivity index (χ1) is 13.3. The molecule has 1 fully saturated rings. The molecule has 0 radical (unpaired) electrons. The molecule has 0 spiro atoms. The fraction of sp³-hybridized carbons (Fsp3) is 0.438. The number of piperazine rings is 1. The predicted molar refractivity (Wildman–Crippen MR) is 89.6 cm³/mol. The van der Waals surface area contributed by atoms with E-state index in [1.807, 2.05) is 30.3 Å². The molecule has 0 N–H and O–H groups in total. The van der Waals surface area contributed by atoms with Gasteiger partial charge in [-0.15, -0.1) is 0 Å². The van der Waals surface area contributed by atoms with Gasteiger partial charge >= 0.3 is 12.1 Å². The number of hydrogen-bond acceptors (Lipinski definition) is 7. The van der Waals surface area contributed by atoms with Crippen molar-refractivity contribution in [3.8, 4) is 5.69 Å². The molecule has 3 rings (SSSR count). The number of alkyl halides is 3. The molecule has 28 heavy (non-hydrogen) atoms. The summed E-state index contributed by atoms with van der Waals surface area (Å²) in [6, 6.07) is 9.12. The van der Waals surface area contributed by atoms with Gasteiger partial charge in [0.25, 0.3) is 12.0 Å². The lowest BCUT2D eigenvalue weighted by atomic mass is 10.2. The molecule has 0 bridgehead atoms. The molecule has 1 saturated heterocycles. The summed E-state index contributed by atoms with van der Waals surface area (Å²) in [5.41, 5.74) is 0.730. The summed E-state index contributed by atoms with van der Waals surface area (Å²) in [6.45, 7) is 1.29. The highest BCUT2D eigenvalue weighted by molar-refractivity contribution is 5.84. The van der Waals surface area contributed by atoms with Crippen LogP contribution in [0.5, 0.6) is 0 Å². The van der Waals surface area contributed by atoms with Crippen LogP contribution in [-0.4, -0.2) is 75.4 Å². The van der Waals surface area contributed by atoms with Crippen molar-refractivity contribution in [2.24, 2.45) is 0 Å². The van der Waals surface area contributed by atoms with Crippen molar-refractivity contribution in [1.29, 1.82) is 0 Å². The van der Waals surface area contributed by atoms with Crippen molar-refractivity contribution in [3.63, 3.8) is 0 Å². The van der Waals surface area contributed by atoms with Gasteiger partial charge in [0.1, 0.15) is 0 Å². The van der Waals surface area contributed by atoms with Crippen molar-refractivity contribution in [2.45, 2.75) is 19.2 Å². The summed E-state index contributed by atoms with van der Waals surface area (Å²) >= 11 is 0. The number of benzene rings is 1. The highest BCUT2D eigenvalue weighted by Gasteiger charge is 2.49. The van der Waals surface area contributed by atoms with E-state index in [2.05, 4.69) is 20.3 Å². The number of anilines is 1. The number of rotatable bonds is 4. The van der Waals surface area contributed by atoms with Crippen LogP contribution in [0.4, 0.5) is 19.1 Å². The first kappa shape index (κ1) is 19.6. The Bertz CT molecular complexity index is 834. The van der Waals surface area contributed by atoms with Gasteiger partial charge in [-0.3, -0.25) is 9.59 Å². The number of ether oxygens (including phenoxy) is 1. The van der Waals surface area contributed by atoms with E-state index in [0.29, 0.717) is 5.95 Å². The molecule has 9 nitrogen and oxygen atoms in total. The lowest BCUT2D eigenvalue weighted by Crippen LogP contribution is -2.55. The molecule has 1 aromatic carbocycles. The van der Waals surface area contributed by atoms with Crippen molar-refractivity contribution in [2.75, 3.05) is 31.1 Å². The van der Waals surface area contributed by atoms with Gasteiger partial charge in [-0.2, -0.15) is 17.9 Å². The molecule has 1 aliphatic rings. The Kier molecular flexibility index (Phi) is 5.47. The molecule has 1 atom stereocenters. The number of carbonyl (C=O) groups is 2. The van der Waals surface area contributed by atoms with E-state index < -0.39 is 24.2 Å². The molecule has 2 heterocycles. The van der Waals surface area contributed by atoms with Gasteiger partial charge in [0.15, 0.2) is 0 Å². The van der Waals surface area contributed by atoms with E-state index in [1.54, 1.807) is 4.90 Å². The third-order valence-electron chi connectivity index (χ3n) is 4.13. The molecule has 0 saturated carbocycles. The standard InChI is InChI=1S/C16H17F3N6O3/c1-11(26)28-13(16(17,18)19)14(27)23-7-9-24(10-8-23)15-20-21-22-25(15)12-5-3-2-4-6-12/h2-6,13H,7-10H2,1H3. The quantitative estimate of drug-likeness (QED) is 0.704. The van der Waals surface area contributed by atoms with Gasteiger partial charge in [0.05, 0.1) is 5.69 Å². The van der Waals surface area contributed by atoms with Crippen LogP contribution >= 0.6 is 0 Å². The van der Waals surface area contributed by atoms with E-state index in [1.165, 1.54) is 4.68 Å². The molecule has 0 aliphatic carbocycles. The number of carbonyl (C=O) groups excluding carboxylic acids is 2. The van der Waals surface area contributed by atoms with Gasteiger partial charge in [-0.05, 0) is 22.6 Å². The maximum absolute atomic E-state index is 13.1. The van der Waals surface area contributed by atoms with Gasteiger partial charge in [0.2, 0.25) is 5.95 Å². The number of tetrazole rings is 1. The Hall–Kier alpha value is -3.18. The van der Waals surface area contributed by atoms with Crippen LogP contribution < -0.4 is 4.90 Å². The maximum Gasteiger partial charge on any atom is 0.434 e. The van der Waals surface area contributed by atoms with E-state index >= 15 is 0 Å². The van der Waals surface area contributed by atoms with Crippen molar-refractivity contribution in [3.05, 3.63) is 30.3 Å².